The van der Waals surface area contributed by atoms with E-state index in [1.54, 1.807) is 6.20 Å². The highest BCUT2D eigenvalue weighted by atomic mass is 16.5. The van der Waals surface area contributed by atoms with Crippen LogP contribution in [-0.2, 0) is 16.1 Å². The van der Waals surface area contributed by atoms with Crippen LogP contribution in [0.3, 0.4) is 0 Å². The van der Waals surface area contributed by atoms with Gasteiger partial charge < -0.3 is 19.8 Å². The molecule has 2 aliphatic rings. The lowest BCUT2D eigenvalue weighted by molar-refractivity contribution is -0.142. The van der Waals surface area contributed by atoms with E-state index in [4.69, 9.17) is 14.9 Å². The normalized spacial score (nSPS) is 20.6. The van der Waals surface area contributed by atoms with E-state index >= 15 is 0 Å². The molecule has 2 N–H and O–H groups in total. The number of piperazine rings is 1. The van der Waals surface area contributed by atoms with Crippen LogP contribution in [0.4, 0.5) is 0 Å². The third kappa shape index (κ3) is 4.05. The minimum Gasteiger partial charge on any atom is -0.439 e. The number of hydrogen-bond donors (Lipinski definition) is 1. The summed E-state index contributed by atoms with van der Waals surface area (Å²) < 4.78 is 11.2. The molecule has 3 heterocycles. The summed E-state index contributed by atoms with van der Waals surface area (Å²) in [5, 5.41) is 0. The quantitative estimate of drug-likeness (QED) is 0.878. The van der Waals surface area contributed by atoms with Crippen LogP contribution >= 0.6 is 0 Å². The van der Waals surface area contributed by atoms with Crippen molar-refractivity contribution in [2.24, 2.45) is 5.73 Å². The maximum absolute atomic E-state index is 12.8. The second kappa shape index (κ2) is 7.80. The van der Waals surface area contributed by atoms with Crippen LogP contribution in [0.5, 0.6) is 0 Å². The third-order valence-electron chi connectivity index (χ3n) is 5.44. The van der Waals surface area contributed by atoms with E-state index in [1.807, 2.05) is 35.2 Å². The van der Waals surface area contributed by atoms with Crippen LogP contribution in [0.2, 0.25) is 0 Å². The minimum atomic E-state index is -0.756. The van der Waals surface area contributed by atoms with Gasteiger partial charge >= 0.3 is 0 Å². The number of amides is 1. The highest BCUT2D eigenvalue weighted by Crippen LogP contribution is 2.23. The number of carbonyl (C=O) groups excluding carboxylic acids is 1. The Hall–Kier alpha value is -2.22. The van der Waals surface area contributed by atoms with Crippen molar-refractivity contribution in [1.82, 2.24) is 14.8 Å². The Morgan fingerprint density at radius 1 is 1.11 bits per heavy atom. The Morgan fingerprint density at radius 2 is 1.81 bits per heavy atom. The van der Waals surface area contributed by atoms with Crippen molar-refractivity contribution in [2.75, 3.05) is 39.4 Å². The lowest BCUT2D eigenvalue weighted by Gasteiger charge is -2.40. The van der Waals surface area contributed by atoms with Crippen LogP contribution in [-0.4, -0.2) is 65.6 Å². The lowest BCUT2D eigenvalue weighted by Crippen LogP contribution is -2.61. The molecule has 1 amide bonds. The number of carbonyl (C=O) groups is 1. The molecular weight excluding hydrogens is 344 g/mol. The van der Waals surface area contributed by atoms with Gasteiger partial charge in [0.25, 0.3) is 0 Å². The van der Waals surface area contributed by atoms with Gasteiger partial charge in [-0.3, -0.25) is 9.69 Å². The first kappa shape index (κ1) is 18.2. The predicted octanol–water partition coefficient (Wildman–Crippen LogP) is 1.49. The molecule has 7 nitrogen and oxygen atoms in total. The standard InChI is InChI=1S/C20H26N4O3/c21-20(6-12-26-13-7-20)19(25)24-10-8-23(9-11-24)15-18-22-14-17(27-18)16-4-2-1-3-5-16/h1-5,14H,6-13,15,21H2. The van der Waals surface area contributed by atoms with E-state index in [-0.39, 0.29) is 5.91 Å². The molecule has 2 saturated heterocycles. The summed E-state index contributed by atoms with van der Waals surface area (Å²) in [7, 11) is 0. The van der Waals surface area contributed by atoms with Crippen molar-refractivity contribution < 1.29 is 13.9 Å². The molecule has 0 radical (unpaired) electrons. The fraction of sp³-hybridized carbons (Fsp3) is 0.500. The molecule has 2 aromatic rings. The monoisotopic (exact) mass is 370 g/mol. The van der Waals surface area contributed by atoms with Crippen molar-refractivity contribution in [3.05, 3.63) is 42.4 Å². The zero-order chi connectivity index (χ0) is 18.7. The van der Waals surface area contributed by atoms with Gasteiger partial charge in [0.15, 0.2) is 5.76 Å². The molecule has 0 aliphatic carbocycles. The highest BCUT2D eigenvalue weighted by molar-refractivity contribution is 5.86. The van der Waals surface area contributed by atoms with Crippen LogP contribution in [0.15, 0.2) is 40.9 Å². The van der Waals surface area contributed by atoms with Gasteiger partial charge in [0.05, 0.1) is 18.3 Å². The van der Waals surface area contributed by atoms with Crippen LogP contribution in [0.1, 0.15) is 18.7 Å². The molecule has 1 aromatic carbocycles. The Balaban J connectivity index is 1.31. The summed E-state index contributed by atoms with van der Waals surface area (Å²) >= 11 is 0. The van der Waals surface area contributed by atoms with E-state index in [0.717, 1.165) is 24.4 Å². The molecule has 7 heteroatoms. The predicted molar refractivity (Wildman–Crippen MR) is 101 cm³/mol. The number of nitrogens with two attached hydrogens (primary N) is 1. The average Bonchev–Trinajstić information content (AvgIpc) is 3.18. The minimum absolute atomic E-state index is 0.0629. The Kier molecular flexibility index (Phi) is 5.24. The number of hydrogen-bond acceptors (Lipinski definition) is 6. The van der Waals surface area contributed by atoms with Gasteiger partial charge in [-0.15, -0.1) is 0 Å². The lowest BCUT2D eigenvalue weighted by atomic mass is 9.89. The van der Waals surface area contributed by atoms with Crippen molar-refractivity contribution in [2.45, 2.75) is 24.9 Å². The zero-order valence-corrected chi connectivity index (χ0v) is 15.5. The summed E-state index contributed by atoms with van der Waals surface area (Å²) in [6.45, 7) is 4.74. The summed E-state index contributed by atoms with van der Waals surface area (Å²) in [5.41, 5.74) is 6.61. The van der Waals surface area contributed by atoms with Crippen molar-refractivity contribution in [3.8, 4) is 11.3 Å². The average molecular weight is 370 g/mol. The molecule has 0 bridgehead atoms. The van der Waals surface area contributed by atoms with Gasteiger partial charge in [-0.2, -0.15) is 0 Å². The molecule has 2 fully saturated rings. The first-order valence-corrected chi connectivity index (χ1v) is 9.52. The second-order valence-corrected chi connectivity index (χ2v) is 7.32. The van der Waals surface area contributed by atoms with E-state index in [1.165, 1.54) is 0 Å². The van der Waals surface area contributed by atoms with Crippen LogP contribution < -0.4 is 5.73 Å². The van der Waals surface area contributed by atoms with Gasteiger partial charge in [0, 0.05) is 45.0 Å². The largest absolute Gasteiger partial charge is 0.439 e. The van der Waals surface area contributed by atoms with E-state index < -0.39 is 5.54 Å². The number of ether oxygens (including phenoxy) is 1. The number of rotatable bonds is 4. The number of aromatic nitrogens is 1. The zero-order valence-electron chi connectivity index (χ0n) is 15.5. The van der Waals surface area contributed by atoms with Gasteiger partial charge in [0.1, 0.15) is 0 Å². The van der Waals surface area contributed by atoms with E-state index in [9.17, 15) is 4.79 Å². The van der Waals surface area contributed by atoms with E-state index in [2.05, 4.69) is 9.88 Å². The van der Waals surface area contributed by atoms with Crippen LogP contribution in [0, 0.1) is 0 Å². The molecule has 0 atom stereocenters. The summed E-state index contributed by atoms with van der Waals surface area (Å²) in [6.07, 6.45) is 2.98. The fourth-order valence-electron chi connectivity index (χ4n) is 3.68. The number of oxazole rings is 1. The smallest absolute Gasteiger partial charge is 0.242 e. The molecule has 0 saturated carbocycles. The maximum atomic E-state index is 12.8. The first-order valence-electron chi connectivity index (χ1n) is 9.52. The summed E-state index contributed by atoms with van der Waals surface area (Å²) in [6, 6.07) is 9.96. The fourth-order valence-corrected chi connectivity index (χ4v) is 3.68. The molecule has 0 unspecified atom stereocenters. The van der Waals surface area contributed by atoms with Crippen molar-refractivity contribution >= 4 is 5.91 Å². The van der Waals surface area contributed by atoms with Gasteiger partial charge in [-0.05, 0) is 12.8 Å². The Labute approximate surface area is 159 Å². The summed E-state index contributed by atoms with van der Waals surface area (Å²) in [4.78, 5) is 21.4. The van der Waals surface area contributed by atoms with Gasteiger partial charge in [-0.25, -0.2) is 4.98 Å². The molecule has 0 spiro atoms. The van der Waals surface area contributed by atoms with Crippen molar-refractivity contribution in [1.29, 1.82) is 0 Å². The molecule has 1 aromatic heterocycles. The van der Waals surface area contributed by atoms with Gasteiger partial charge in [-0.1, -0.05) is 30.3 Å². The van der Waals surface area contributed by atoms with Crippen molar-refractivity contribution in [3.63, 3.8) is 0 Å². The third-order valence-corrected chi connectivity index (χ3v) is 5.44. The van der Waals surface area contributed by atoms with Crippen LogP contribution in [0.25, 0.3) is 11.3 Å². The number of nitrogens with zero attached hydrogens (tertiary/aromatic N) is 3. The topological polar surface area (TPSA) is 84.8 Å². The summed E-state index contributed by atoms with van der Waals surface area (Å²) in [5.74, 6) is 1.55. The Morgan fingerprint density at radius 3 is 2.52 bits per heavy atom. The maximum Gasteiger partial charge on any atom is 0.242 e. The molecule has 144 valence electrons. The molecular formula is C20H26N4O3. The van der Waals surface area contributed by atoms with Gasteiger partial charge in [0.2, 0.25) is 11.8 Å². The SMILES string of the molecule is NC1(C(=O)N2CCN(Cc3ncc(-c4ccccc4)o3)CC2)CCOCC1. The highest BCUT2D eigenvalue weighted by Gasteiger charge is 2.39. The Bertz CT molecular complexity index is 763. The molecule has 27 heavy (non-hydrogen) atoms. The molecule has 4 rings (SSSR count). The second-order valence-electron chi connectivity index (χ2n) is 7.32. The number of benzene rings is 1. The first-order chi connectivity index (χ1) is 13.1. The molecule has 2 aliphatic heterocycles. The van der Waals surface area contributed by atoms with E-state index in [0.29, 0.717) is 51.6 Å².